The second-order valence-electron chi connectivity index (χ2n) is 6.19. The number of rotatable bonds is 6. The first-order chi connectivity index (χ1) is 11.5. The number of nitrogens with one attached hydrogen (secondary N) is 1. The highest BCUT2D eigenvalue weighted by atomic mass is 19.1. The van der Waals surface area contributed by atoms with E-state index in [4.69, 9.17) is 5.11 Å². The van der Waals surface area contributed by atoms with Gasteiger partial charge in [-0.3, -0.25) is 14.3 Å². The standard InChI is InChI=1S/C17H18FN3O3/c18-13-4-1-3-12(9-13)10-17(6-2-7-17)16(24)19-14-5-8-21(20-14)11-15(22)23/h1,3-5,8-9H,2,6-7,10-11H2,(H,22,23)(H,19,20,24). The Morgan fingerprint density at radius 3 is 2.75 bits per heavy atom. The molecule has 1 saturated carbocycles. The second kappa shape index (κ2) is 6.43. The second-order valence-corrected chi connectivity index (χ2v) is 6.19. The number of carboxylic acids is 1. The fourth-order valence-corrected chi connectivity index (χ4v) is 3.03. The van der Waals surface area contributed by atoms with Crippen molar-refractivity contribution < 1.29 is 19.1 Å². The van der Waals surface area contributed by atoms with Crippen molar-refractivity contribution in [2.24, 2.45) is 5.41 Å². The Labute approximate surface area is 138 Å². The molecule has 1 amide bonds. The Kier molecular flexibility index (Phi) is 4.33. The van der Waals surface area contributed by atoms with Crippen molar-refractivity contribution in [1.29, 1.82) is 0 Å². The van der Waals surface area contributed by atoms with E-state index in [0.29, 0.717) is 12.2 Å². The van der Waals surface area contributed by atoms with Gasteiger partial charge in [0.05, 0.1) is 5.41 Å². The van der Waals surface area contributed by atoms with Crippen LogP contribution in [0.15, 0.2) is 36.5 Å². The molecule has 126 valence electrons. The number of aliphatic carboxylic acids is 1. The summed E-state index contributed by atoms with van der Waals surface area (Å²) in [5, 5.41) is 15.5. The van der Waals surface area contributed by atoms with Crippen molar-refractivity contribution in [3.63, 3.8) is 0 Å². The van der Waals surface area contributed by atoms with Gasteiger partial charge in [-0.15, -0.1) is 0 Å². The molecular weight excluding hydrogens is 313 g/mol. The van der Waals surface area contributed by atoms with Crippen molar-refractivity contribution in [2.45, 2.75) is 32.2 Å². The van der Waals surface area contributed by atoms with E-state index in [0.717, 1.165) is 24.8 Å². The van der Waals surface area contributed by atoms with Gasteiger partial charge in [0.25, 0.3) is 0 Å². The molecule has 2 aromatic rings. The van der Waals surface area contributed by atoms with E-state index >= 15 is 0 Å². The van der Waals surface area contributed by atoms with Crippen LogP contribution in [0.3, 0.4) is 0 Å². The molecule has 7 heteroatoms. The fourth-order valence-electron chi connectivity index (χ4n) is 3.03. The largest absolute Gasteiger partial charge is 0.480 e. The van der Waals surface area contributed by atoms with Gasteiger partial charge in [0.15, 0.2) is 5.82 Å². The highest BCUT2D eigenvalue weighted by Crippen LogP contribution is 2.44. The van der Waals surface area contributed by atoms with Crippen LogP contribution in [0.25, 0.3) is 0 Å². The molecule has 3 rings (SSSR count). The topological polar surface area (TPSA) is 84.2 Å². The average molecular weight is 331 g/mol. The Balaban J connectivity index is 1.70. The molecule has 0 atom stereocenters. The molecule has 0 radical (unpaired) electrons. The van der Waals surface area contributed by atoms with Crippen molar-refractivity contribution >= 4 is 17.7 Å². The Morgan fingerprint density at radius 2 is 2.12 bits per heavy atom. The van der Waals surface area contributed by atoms with Crippen LogP contribution in [0.4, 0.5) is 10.2 Å². The number of aromatic nitrogens is 2. The number of halogens is 1. The highest BCUT2D eigenvalue weighted by molar-refractivity contribution is 5.95. The number of carboxylic acid groups (broad SMARTS) is 1. The first-order valence-corrected chi connectivity index (χ1v) is 7.78. The van der Waals surface area contributed by atoms with Gasteiger partial charge < -0.3 is 10.4 Å². The zero-order valence-electron chi connectivity index (χ0n) is 13.0. The number of anilines is 1. The van der Waals surface area contributed by atoms with E-state index in [9.17, 15) is 14.0 Å². The lowest BCUT2D eigenvalue weighted by atomic mass is 9.64. The number of hydrogen-bond donors (Lipinski definition) is 2. The first kappa shape index (κ1) is 16.2. The predicted octanol–water partition coefficient (Wildman–Crippen LogP) is 2.46. The SMILES string of the molecule is O=C(O)Cn1ccc(NC(=O)C2(Cc3cccc(F)c3)CCC2)n1. The summed E-state index contributed by atoms with van der Waals surface area (Å²) in [4.78, 5) is 23.3. The molecule has 6 nitrogen and oxygen atoms in total. The molecule has 24 heavy (non-hydrogen) atoms. The molecule has 0 bridgehead atoms. The van der Waals surface area contributed by atoms with Crippen LogP contribution < -0.4 is 5.32 Å². The summed E-state index contributed by atoms with van der Waals surface area (Å²) in [6, 6.07) is 7.86. The maximum Gasteiger partial charge on any atom is 0.325 e. The third kappa shape index (κ3) is 3.45. The smallest absolute Gasteiger partial charge is 0.325 e. The van der Waals surface area contributed by atoms with Gasteiger partial charge in [-0.1, -0.05) is 18.6 Å². The van der Waals surface area contributed by atoms with Crippen molar-refractivity contribution in [3.8, 4) is 0 Å². The molecule has 0 spiro atoms. The zero-order valence-corrected chi connectivity index (χ0v) is 13.0. The van der Waals surface area contributed by atoms with Crippen LogP contribution in [-0.2, 0) is 22.6 Å². The lowest BCUT2D eigenvalue weighted by Crippen LogP contribution is -2.43. The van der Waals surface area contributed by atoms with E-state index in [1.807, 2.05) is 6.07 Å². The van der Waals surface area contributed by atoms with Crippen molar-refractivity contribution in [1.82, 2.24) is 9.78 Å². The molecule has 0 unspecified atom stereocenters. The molecule has 1 aliphatic rings. The third-order valence-electron chi connectivity index (χ3n) is 4.40. The first-order valence-electron chi connectivity index (χ1n) is 7.78. The number of amides is 1. The van der Waals surface area contributed by atoms with E-state index in [1.54, 1.807) is 12.1 Å². The van der Waals surface area contributed by atoms with Gasteiger partial charge in [0.1, 0.15) is 12.4 Å². The van der Waals surface area contributed by atoms with E-state index in [-0.39, 0.29) is 18.3 Å². The van der Waals surface area contributed by atoms with Crippen LogP contribution in [0.5, 0.6) is 0 Å². The molecule has 0 aliphatic heterocycles. The zero-order chi connectivity index (χ0) is 17.2. The lowest BCUT2D eigenvalue weighted by molar-refractivity contribution is -0.137. The van der Waals surface area contributed by atoms with Gasteiger partial charge in [-0.25, -0.2) is 4.39 Å². The minimum Gasteiger partial charge on any atom is -0.480 e. The van der Waals surface area contributed by atoms with Crippen molar-refractivity contribution in [2.75, 3.05) is 5.32 Å². The predicted molar refractivity (Wildman–Crippen MR) is 84.9 cm³/mol. The minimum absolute atomic E-state index is 0.154. The summed E-state index contributed by atoms with van der Waals surface area (Å²) in [5.74, 6) is -1.14. The van der Waals surface area contributed by atoms with E-state index < -0.39 is 11.4 Å². The maximum absolute atomic E-state index is 13.4. The molecule has 1 fully saturated rings. The number of benzene rings is 1. The Hall–Kier alpha value is -2.70. The number of hydrogen-bond acceptors (Lipinski definition) is 3. The maximum atomic E-state index is 13.4. The number of carbonyl (C=O) groups is 2. The van der Waals surface area contributed by atoms with Gasteiger partial charge in [0, 0.05) is 12.3 Å². The third-order valence-corrected chi connectivity index (χ3v) is 4.40. The quantitative estimate of drug-likeness (QED) is 0.851. The summed E-state index contributed by atoms with van der Waals surface area (Å²) in [6.45, 7) is -0.260. The minimum atomic E-state index is -1.00. The van der Waals surface area contributed by atoms with Crippen LogP contribution in [0.2, 0.25) is 0 Å². The summed E-state index contributed by atoms with van der Waals surface area (Å²) >= 11 is 0. The Bertz CT molecular complexity index is 768. The van der Waals surface area contributed by atoms with Crippen LogP contribution in [0.1, 0.15) is 24.8 Å². The van der Waals surface area contributed by atoms with Crippen molar-refractivity contribution in [3.05, 3.63) is 47.9 Å². The van der Waals surface area contributed by atoms with Gasteiger partial charge in [-0.2, -0.15) is 5.10 Å². The molecule has 2 N–H and O–H groups in total. The van der Waals surface area contributed by atoms with Crippen LogP contribution in [-0.4, -0.2) is 26.8 Å². The molecule has 0 saturated heterocycles. The normalized spacial score (nSPS) is 15.5. The summed E-state index contributed by atoms with van der Waals surface area (Å²) in [5.41, 5.74) is 0.242. The average Bonchev–Trinajstić information content (AvgIpc) is 2.89. The van der Waals surface area contributed by atoms with Gasteiger partial charge in [-0.05, 0) is 37.0 Å². The Morgan fingerprint density at radius 1 is 1.33 bits per heavy atom. The summed E-state index contributed by atoms with van der Waals surface area (Å²) < 4.78 is 14.6. The van der Waals surface area contributed by atoms with E-state index in [2.05, 4.69) is 10.4 Å². The number of nitrogens with zero attached hydrogens (tertiary/aromatic N) is 2. The van der Waals surface area contributed by atoms with E-state index in [1.165, 1.54) is 23.0 Å². The number of carbonyl (C=O) groups excluding carboxylic acids is 1. The van der Waals surface area contributed by atoms with Crippen LogP contribution >= 0.6 is 0 Å². The summed E-state index contributed by atoms with van der Waals surface area (Å²) in [7, 11) is 0. The van der Waals surface area contributed by atoms with Crippen LogP contribution in [0, 0.1) is 11.2 Å². The molecule has 1 aromatic heterocycles. The lowest BCUT2D eigenvalue weighted by Gasteiger charge is -2.40. The molecule has 1 aliphatic carbocycles. The monoisotopic (exact) mass is 331 g/mol. The molecule has 1 heterocycles. The van der Waals surface area contributed by atoms with Gasteiger partial charge in [0.2, 0.25) is 5.91 Å². The van der Waals surface area contributed by atoms with Gasteiger partial charge >= 0.3 is 5.97 Å². The highest BCUT2D eigenvalue weighted by Gasteiger charge is 2.44. The molecule has 1 aromatic carbocycles. The molecular formula is C17H18FN3O3. The summed E-state index contributed by atoms with van der Waals surface area (Å²) in [6.07, 6.45) is 4.42. The fraction of sp³-hybridized carbons (Fsp3) is 0.353.